The number of nitrogens with zero attached hydrogens (tertiary/aromatic N) is 3. The first-order chi connectivity index (χ1) is 8.92. The molecule has 0 spiro atoms. The molecule has 0 aliphatic carbocycles. The van der Waals surface area contributed by atoms with Gasteiger partial charge in [0.1, 0.15) is 16.9 Å². The van der Waals surface area contributed by atoms with Crippen molar-refractivity contribution in [1.82, 2.24) is 25.1 Å². The summed E-state index contributed by atoms with van der Waals surface area (Å²) in [7, 11) is 0. The maximum absolute atomic E-state index is 4.35. The summed E-state index contributed by atoms with van der Waals surface area (Å²) in [5.41, 5.74) is 4.40. The molecule has 0 radical (unpaired) electrons. The molecule has 4 aromatic heterocycles. The molecule has 18 heavy (non-hydrogen) atoms. The van der Waals surface area contributed by atoms with Gasteiger partial charge in [0.15, 0.2) is 0 Å². The van der Waals surface area contributed by atoms with Gasteiger partial charge in [-0.2, -0.15) is 5.10 Å². The Morgan fingerprint density at radius 2 is 1.89 bits per heavy atom. The number of aromatic nitrogens is 5. The molecule has 0 aliphatic rings. The number of aromatic amines is 2. The lowest BCUT2D eigenvalue weighted by Gasteiger charge is -1.91. The van der Waals surface area contributed by atoms with Crippen LogP contribution in [0.1, 0.15) is 0 Å². The second kappa shape index (κ2) is 3.40. The van der Waals surface area contributed by atoms with Gasteiger partial charge in [-0.1, -0.05) is 0 Å². The van der Waals surface area contributed by atoms with E-state index in [1.54, 1.807) is 12.4 Å². The lowest BCUT2D eigenvalue weighted by atomic mass is 10.2. The lowest BCUT2D eigenvalue weighted by Crippen LogP contribution is -1.80. The summed E-state index contributed by atoms with van der Waals surface area (Å²) < 4.78 is 0. The van der Waals surface area contributed by atoms with Crippen LogP contribution in [0.4, 0.5) is 0 Å². The Kier molecular flexibility index (Phi) is 1.77. The third-order valence-corrected chi connectivity index (χ3v) is 2.97. The lowest BCUT2D eigenvalue weighted by molar-refractivity contribution is 1.12. The maximum atomic E-state index is 4.35. The minimum absolute atomic E-state index is 0.823. The molecule has 2 N–H and O–H groups in total. The predicted molar refractivity (Wildman–Crippen MR) is 69.0 cm³/mol. The molecule has 0 fully saturated rings. The van der Waals surface area contributed by atoms with Crippen molar-refractivity contribution in [3.05, 3.63) is 42.7 Å². The number of nitrogens with one attached hydrogen (secondary N) is 2. The highest BCUT2D eigenvalue weighted by molar-refractivity contribution is 5.92. The Morgan fingerprint density at radius 1 is 1.00 bits per heavy atom. The molecule has 0 aromatic carbocycles. The fourth-order valence-corrected chi connectivity index (χ4v) is 2.13. The highest BCUT2D eigenvalue weighted by Crippen LogP contribution is 2.26. The van der Waals surface area contributed by atoms with E-state index in [9.17, 15) is 0 Å². The highest BCUT2D eigenvalue weighted by atomic mass is 15.1. The molecule has 0 bridgehead atoms. The van der Waals surface area contributed by atoms with Gasteiger partial charge in [-0.25, -0.2) is 4.98 Å². The molecular formula is C13H9N5. The van der Waals surface area contributed by atoms with Gasteiger partial charge in [0.25, 0.3) is 0 Å². The molecule has 4 heterocycles. The molecule has 4 aromatic rings. The largest absolute Gasteiger partial charge is 0.338 e. The minimum Gasteiger partial charge on any atom is -0.338 e. The van der Waals surface area contributed by atoms with Crippen molar-refractivity contribution < 1.29 is 0 Å². The van der Waals surface area contributed by atoms with E-state index in [1.165, 1.54) is 0 Å². The molecule has 0 saturated heterocycles. The Morgan fingerprint density at radius 3 is 2.83 bits per heavy atom. The first kappa shape index (κ1) is 9.35. The Balaban J connectivity index is 2.01. The summed E-state index contributed by atoms with van der Waals surface area (Å²) in [6.07, 6.45) is 3.53. The normalized spacial score (nSPS) is 11.3. The van der Waals surface area contributed by atoms with Gasteiger partial charge in [0.05, 0.1) is 11.2 Å². The first-order valence-electron chi connectivity index (χ1n) is 5.65. The second-order valence-corrected chi connectivity index (χ2v) is 4.10. The molecule has 0 aliphatic heterocycles. The van der Waals surface area contributed by atoms with Gasteiger partial charge < -0.3 is 4.98 Å². The van der Waals surface area contributed by atoms with Crippen LogP contribution < -0.4 is 0 Å². The smallest absolute Gasteiger partial charge is 0.137 e. The average Bonchev–Trinajstić information content (AvgIpc) is 3.02. The molecule has 0 atom stereocenters. The van der Waals surface area contributed by atoms with E-state index >= 15 is 0 Å². The van der Waals surface area contributed by atoms with E-state index in [2.05, 4.69) is 25.1 Å². The number of pyridine rings is 2. The maximum Gasteiger partial charge on any atom is 0.137 e. The van der Waals surface area contributed by atoms with Crippen molar-refractivity contribution in [2.45, 2.75) is 0 Å². The van der Waals surface area contributed by atoms with Crippen molar-refractivity contribution in [3.63, 3.8) is 0 Å². The van der Waals surface area contributed by atoms with E-state index in [0.717, 1.165) is 33.5 Å². The van der Waals surface area contributed by atoms with Crippen molar-refractivity contribution >= 4 is 22.1 Å². The molecule has 86 valence electrons. The molecule has 0 unspecified atom stereocenters. The molecule has 5 nitrogen and oxygen atoms in total. The van der Waals surface area contributed by atoms with Crippen molar-refractivity contribution in [2.75, 3.05) is 0 Å². The van der Waals surface area contributed by atoms with E-state index in [-0.39, 0.29) is 0 Å². The summed E-state index contributed by atoms with van der Waals surface area (Å²) >= 11 is 0. The van der Waals surface area contributed by atoms with Gasteiger partial charge in [-0.3, -0.25) is 10.1 Å². The molecular weight excluding hydrogens is 226 g/mol. The average molecular weight is 235 g/mol. The van der Waals surface area contributed by atoms with Gasteiger partial charge in [-0.05, 0) is 30.3 Å². The van der Waals surface area contributed by atoms with Crippen LogP contribution in [0, 0.1) is 0 Å². The van der Waals surface area contributed by atoms with Crippen LogP contribution in [-0.2, 0) is 0 Å². The zero-order valence-corrected chi connectivity index (χ0v) is 9.38. The van der Waals surface area contributed by atoms with Crippen molar-refractivity contribution in [1.29, 1.82) is 0 Å². The quantitative estimate of drug-likeness (QED) is 0.532. The number of hydrogen-bond donors (Lipinski definition) is 2. The van der Waals surface area contributed by atoms with Crippen LogP contribution in [0.5, 0.6) is 0 Å². The topological polar surface area (TPSA) is 70.2 Å². The van der Waals surface area contributed by atoms with Gasteiger partial charge in [0, 0.05) is 17.8 Å². The highest BCUT2D eigenvalue weighted by Gasteiger charge is 2.11. The summed E-state index contributed by atoms with van der Waals surface area (Å²) in [5.74, 6) is 0. The SMILES string of the molecule is c1cnc2[nH]c(-c3n[nH]c4cccnc34)cc2c1. The van der Waals surface area contributed by atoms with Crippen LogP contribution >= 0.6 is 0 Å². The summed E-state index contributed by atoms with van der Waals surface area (Å²) in [6, 6.07) is 9.81. The third-order valence-electron chi connectivity index (χ3n) is 2.97. The molecule has 5 heteroatoms. The zero-order chi connectivity index (χ0) is 11.9. The van der Waals surface area contributed by atoms with Gasteiger partial charge >= 0.3 is 0 Å². The minimum atomic E-state index is 0.823. The summed E-state index contributed by atoms with van der Waals surface area (Å²) in [5, 5.41) is 8.36. The van der Waals surface area contributed by atoms with E-state index in [1.807, 2.05) is 30.3 Å². The monoisotopic (exact) mass is 235 g/mol. The fraction of sp³-hybridized carbons (Fsp3) is 0. The number of hydrogen-bond acceptors (Lipinski definition) is 3. The van der Waals surface area contributed by atoms with E-state index < -0.39 is 0 Å². The summed E-state index contributed by atoms with van der Waals surface area (Å²) in [6.45, 7) is 0. The number of rotatable bonds is 1. The zero-order valence-electron chi connectivity index (χ0n) is 9.38. The van der Waals surface area contributed by atoms with Crippen LogP contribution in [0.2, 0.25) is 0 Å². The Hall–Kier alpha value is -2.69. The Labute approximate surface area is 102 Å². The van der Waals surface area contributed by atoms with Crippen LogP contribution in [-0.4, -0.2) is 25.1 Å². The third kappa shape index (κ3) is 1.24. The summed E-state index contributed by atoms with van der Waals surface area (Å²) in [4.78, 5) is 11.9. The van der Waals surface area contributed by atoms with Gasteiger partial charge in [0.2, 0.25) is 0 Å². The number of H-pyrrole nitrogens is 2. The second-order valence-electron chi connectivity index (χ2n) is 4.10. The van der Waals surface area contributed by atoms with Crippen molar-refractivity contribution in [2.24, 2.45) is 0 Å². The molecule has 0 saturated carbocycles. The van der Waals surface area contributed by atoms with Crippen LogP contribution in [0.25, 0.3) is 33.5 Å². The van der Waals surface area contributed by atoms with Crippen molar-refractivity contribution in [3.8, 4) is 11.4 Å². The van der Waals surface area contributed by atoms with Gasteiger partial charge in [-0.15, -0.1) is 0 Å². The Bertz CT molecular complexity index is 809. The van der Waals surface area contributed by atoms with Crippen LogP contribution in [0.3, 0.4) is 0 Å². The molecule has 4 rings (SSSR count). The van der Waals surface area contributed by atoms with E-state index in [4.69, 9.17) is 0 Å². The first-order valence-corrected chi connectivity index (χ1v) is 5.65. The standard InChI is InChI=1S/C13H9N5/c1-3-8-7-10(16-13(8)15-6-1)12-11-9(17-18-12)4-2-5-14-11/h1-7H,(H,15,16)(H,17,18). The van der Waals surface area contributed by atoms with E-state index in [0.29, 0.717) is 0 Å². The van der Waals surface area contributed by atoms with Crippen LogP contribution in [0.15, 0.2) is 42.7 Å². The number of fused-ring (bicyclic) bond motifs is 2. The molecule has 0 amide bonds. The fourth-order valence-electron chi connectivity index (χ4n) is 2.13. The predicted octanol–water partition coefficient (Wildman–Crippen LogP) is 2.50.